The van der Waals surface area contributed by atoms with Gasteiger partial charge in [0.25, 0.3) is 0 Å². The third-order valence-electron chi connectivity index (χ3n) is 16.2. The number of hydroxylamine groups is 2. The molecule has 4 N–H and O–H groups in total. The molecule has 7 aliphatic rings. The minimum atomic E-state index is -0.828. The van der Waals surface area contributed by atoms with Crippen molar-refractivity contribution in [2.75, 3.05) is 48.1 Å². The van der Waals surface area contributed by atoms with E-state index in [1.54, 1.807) is 19.1 Å². The van der Waals surface area contributed by atoms with Crippen LogP contribution < -0.4 is 10.6 Å². The van der Waals surface area contributed by atoms with Gasteiger partial charge < -0.3 is 35.2 Å². The van der Waals surface area contributed by atoms with Crippen molar-refractivity contribution in [3.05, 3.63) is 0 Å². The standard InChI is InChI=1S/C44H78N4O7/c1-26-36-21-32(44(36,3)4)22-37(26)46-43(52)40-39(27(2)50)38(24-49)55-48(40)23-29-15-12-16-35(41(29)54-8)30-18-31(20-34(19-30)47(5)6)42(51)45-33(25-53-7)17-28-13-10-9-11-14-28/h26-41,49-50H,9-25H2,1-8H3,(H,45,51)(H,46,52)/t26-,27-,29?,30?,31?,32+,33-,34?,35?,36-,37-,38-,39+,40-,41?/m0/s1. The molecule has 1 saturated heterocycles. The van der Waals surface area contributed by atoms with Crippen LogP contribution >= 0.6 is 0 Å². The number of carbonyl (C=O) groups excluding carboxylic acids is 2. The lowest BCUT2D eigenvalue weighted by molar-refractivity contribution is -0.193. The van der Waals surface area contributed by atoms with Crippen LogP contribution in [0.1, 0.15) is 118 Å². The second-order valence-corrected chi connectivity index (χ2v) is 20.0. The van der Waals surface area contributed by atoms with E-state index in [2.05, 4.69) is 50.4 Å². The van der Waals surface area contributed by atoms with E-state index in [1.807, 2.05) is 7.11 Å². The summed E-state index contributed by atoms with van der Waals surface area (Å²) in [5.74, 6) is 2.38. The van der Waals surface area contributed by atoms with Crippen LogP contribution in [-0.2, 0) is 23.9 Å². The number of fused-ring (bicyclic) bond motifs is 2. The first-order valence-electron chi connectivity index (χ1n) is 22.3. The Bertz CT molecular complexity index is 1260. The lowest BCUT2D eigenvalue weighted by atomic mass is 9.45. The normalized spacial score (nSPS) is 40.7. The van der Waals surface area contributed by atoms with Crippen molar-refractivity contribution in [2.24, 2.45) is 58.7 Å². The first-order chi connectivity index (χ1) is 26.3. The van der Waals surface area contributed by atoms with Gasteiger partial charge in [-0.15, -0.1) is 0 Å². The summed E-state index contributed by atoms with van der Waals surface area (Å²) < 4.78 is 12.0. The van der Waals surface area contributed by atoms with Crippen molar-refractivity contribution < 1.29 is 34.1 Å². The molecule has 0 aromatic rings. The van der Waals surface area contributed by atoms with E-state index in [0.29, 0.717) is 54.2 Å². The van der Waals surface area contributed by atoms with Gasteiger partial charge in [-0.25, -0.2) is 0 Å². The van der Waals surface area contributed by atoms with E-state index in [1.165, 1.54) is 38.5 Å². The van der Waals surface area contributed by atoms with Gasteiger partial charge in [0.15, 0.2) is 0 Å². The molecule has 0 radical (unpaired) electrons. The number of hydrogen-bond donors (Lipinski definition) is 4. The maximum Gasteiger partial charge on any atom is 0.240 e. The highest BCUT2D eigenvalue weighted by Crippen LogP contribution is 2.61. The zero-order valence-electron chi connectivity index (χ0n) is 35.6. The minimum absolute atomic E-state index is 0.0437. The number of hydrogen-bond acceptors (Lipinski definition) is 9. The summed E-state index contributed by atoms with van der Waals surface area (Å²) in [6.07, 6.45) is 13.8. The zero-order valence-corrected chi connectivity index (χ0v) is 35.6. The Balaban J connectivity index is 1.15. The fourth-order valence-corrected chi connectivity index (χ4v) is 12.9. The van der Waals surface area contributed by atoms with E-state index in [4.69, 9.17) is 14.3 Å². The van der Waals surface area contributed by atoms with Gasteiger partial charge in [-0.05, 0) is 113 Å². The molecule has 1 aliphatic heterocycles. The van der Waals surface area contributed by atoms with Crippen molar-refractivity contribution in [2.45, 2.75) is 160 Å². The number of aliphatic hydroxyl groups is 2. The summed E-state index contributed by atoms with van der Waals surface area (Å²) in [5, 5.41) is 30.1. The van der Waals surface area contributed by atoms with Gasteiger partial charge in [0, 0.05) is 50.6 Å². The number of nitrogens with zero attached hydrogens (tertiary/aromatic N) is 2. The fourth-order valence-electron chi connectivity index (χ4n) is 12.9. The Morgan fingerprint density at radius 2 is 1.73 bits per heavy atom. The lowest BCUT2D eigenvalue weighted by Gasteiger charge is -2.62. The zero-order chi connectivity index (χ0) is 39.6. The molecule has 7 rings (SSSR count). The number of ether oxygens (including phenoxy) is 2. The Morgan fingerprint density at radius 1 is 0.982 bits per heavy atom. The molecule has 6 saturated carbocycles. The molecule has 1 heterocycles. The molecule has 6 aliphatic carbocycles. The molecule has 11 nitrogen and oxygen atoms in total. The summed E-state index contributed by atoms with van der Waals surface area (Å²) in [6, 6.07) is -0.263. The maximum absolute atomic E-state index is 14.4. The van der Waals surface area contributed by atoms with Crippen molar-refractivity contribution in [1.29, 1.82) is 0 Å². The molecule has 55 heavy (non-hydrogen) atoms. The molecule has 11 heteroatoms. The highest BCUT2D eigenvalue weighted by molar-refractivity contribution is 5.83. The molecule has 316 valence electrons. The topological polar surface area (TPSA) is 133 Å². The SMILES string of the molecule is COC[C@H](CC1CCCCC1)NC(=O)C1CC(C2CCCC(CN3O[C@@H](CO)[C@@H]([C@H](C)O)[C@H]3C(=O)N[C@H]3C[C@H]4C[C@@H]([C@@H]3C)C4(C)C)C2OC)CC(N(C)C)C1. The van der Waals surface area contributed by atoms with Crippen LogP contribution in [0.25, 0.3) is 0 Å². The number of aliphatic hydroxyl groups excluding tert-OH is 2. The Kier molecular flexibility index (Phi) is 14.7. The number of amides is 2. The first kappa shape index (κ1) is 43.2. The smallest absolute Gasteiger partial charge is 0.240 e. The van der Waals surface area contributed by atoms with Gasteiger partial charge in [-0.3, -0.25) is 14.4 Å². The monoisotopic (exact) mass is 775 g/mol. The van der Waals surface area contributed by atoms with Crippen LogP contribution in [0.2, 0.25) is 0 Å². The fraction of sp³-hybridized carbons (Fsp3) is 0.955. The van der Waals surface area contributed by atoms with Gasteiger partial charge >= 0.3 is 0 Å². The van der Waals surface area contributed by atoms with Crippen molar-refractivity contribution >= 4 is 11.8 Å². The van der Waals surface area contributed by atoms with Gasteiger partial charge in [-0.2, -0.15) is 5.06 Å². The van der Waals surface area contributed by atoms with Crippen LogP contribution in [0.5, 0.6) is 0 Å². The summed E-state index contributed by atoms with van der Waals surface area (Å²) >= 11 is 0. The second-order valence-electron chi connectivity index (χ2n) is 20.0. The van der Waals surface area contributed by atoms with E-state index >= 15 is 0 Å². The van der Waals surface area contributed by atoms with E-state index in [0.717, 1.165) is 51.4 Å². The molecule has 15 atom stereocenters. The quantitative estimate of drug-likeness (QED) is 0.181. The van der Waals surface area contributed by atoms with Crippen LogP contribution in [0, 0.1) is 58.7 Å². The summed E-state index contributed by atoms with van der Waals surface area (Å²) in [5.41, 5.74) is 0.315. The van der Waals surface area contributed by atoms with Crippen molar-refractivity contribution in [1.82, 2.24) is 20.6 Å². The number of rotatable bonds is 15. The molecular formula is C44H78N4O7. The predicted octanol–water partition coefficient (Wildman–Crippen LogP) is 5.03. The molecule has 6 unspecified atom stereocenters. The van der Waals surface area contributed by atoms with E-state index in [9.17, 15) is 19.8 Å². The Hall–Kier alpha value is -1.34. The largest absolute Gasteiger partial charge is 0.394 e. The minimum Gasteiger partial charge on any atom is -0.394 e. The third-order valence-corrected chi connectivity index (χ3v) is 16.2. The Labute approximate surface area is 332 Å². The molecule has 7 fully saturated rings. The maximum atomic E-state index is 14.4. The van der Waals surface area contributed by atoms with Gasteiger partial charge in [0.2, 0.25) is 11.8 Å². The molecule has 0 spiro atoms. The number of carbonyl (C=O) groups is 2. The average Bonchev–Trinajstić information content (AvgIpc) is 3.54. The summed E-state index contributed by atoms with van der Waals surface area (Å²) in [7, 11) is 7.83. The lowest BCUT2D eigenvalue weighted by Crippen LogP contribution is -2.62. The summed E-state index contributed by atoms with van der Waals surface area (Å²) in [4.78, 5) is 37.2. The number of nitrogens with one attached hydrogen (secondary N) is 2. The average molecular weight is 775 g/mol. The second kappa shape index (κ2) is 18.7. The van der Waals surface area contributed by atoms with Gasteiger partial charge in [-0.1, -0.05) is 59.3 Å². The van der Waals surface area contributed by atoms with Gasteiger partial charge in [0.1, 0.15) is 12.1 Å². The van der Waals surface area contributed by atoms with Crippen molar-refractivity contribution in [3.63, 3.8) is 0 Å². The van der Waals surface area contributed by atoms with Crippen molar-refractivity contribution in [3.8, 4) is 0 Å². The molecular weight excluding hydrogens is 697 g/mol. The highest BCUT2D eigenvalue weighted by atomic mass is 16.7. The summed E-state index contributed by atoms with van der Waals surface area (Å²) in [6.45, 7) is 9.49. The number of methoxy groups -OCH3 is 2. The predicted molar refractivity (Wildman–Crippen MR) is 214 cm³/mol. The Morgan fingerprint density at radius 3 is 2.35 bits per heavy atom. The van der Waals surface area contributed by atoms with Crippen LogP contribution in [0.3, 0.4) is 0 Å². The molecule has 2 amide bonds. The molecule has 2 bridgehead atoms. The molecule has 0 aromatic carbocycles. The third kappa shape index (κ3) is 9.44. The van der Waals surface area contributed by atoms with Crippen LogP contribution in [0.15, 0.2) is 0 Å². The highest BCUT2D eigenvalue weighted by Gasteiger charge is 2.58. The van der Waals surface area contributed by atoms with E-state index < -0.39 is 24.2 Å². The first-order valence-corrected chi connectivity index (χ1v) is 22.3. The van der Waals surface area contributed by atoms with E-state index in [-0.39, 0.29) is 54.4 Å². The van der Waals surface area contributed by atoms with Crippen LogP contribution in [-0.4, -0.2) is 123 Å². The van der Waals surface area contributed by atoms with Crippen LogP contribution in [0.4, 0.5) is 0 Å². The molecule has 0 aromatic heterocycles. The van der Waals surface area contributed by atoms with Gasteiger partial charge in [0.05, 0.1) is 31.5 Å².